The quantitative estimate of drug-likeness (QED) is 0.213. The van der Waals surface area contributed by atoms with Crippen LogP contribution in [0.25, 0.3) is 20.2 Å². The SMILES string of the molecule is Cc1sc2c([I-]c3cc4c(s3)CCCCC4)c3sc(N)c(Cl)c3c([I-]c3cc4c(s3)CCCCC4)c2c1Cl. The van der Waals surface area contributed by atoms with Crippen LogP contribution in [0.15, 0.2) is 12.1 Å². The number of aryl methyl sites for hydroxylation is 5. The molecule has 0 atom stereocenters. The van der Waals surface area contributed by atoms with Gasteiger partial charge in [-0.3, -0.25) is 0 Å². The van der Waals surface area contributed by atoms with Gasteiger partial charge in [0.1, 0.15) is 0 Å². The maximum absolute atomic E-state index is 7.15. The van der Waals surface area contributed by atoms with Crippen LogP contribution in [0, 0.1) is 19.8 Å². The number of nitrogen functional groups attached to an aromatic ring is 1. The Kier molecular flexibility index (Phi) is 8.04. The number of anilines is 1. The standard InChI is InChI=1S/C29H27Cl2I2NS4/c1-14-23(30)21-25(32-19-12-15-8-4-2-6-10-17(15)36-19)22-24(31)29(34)38-28(22)26(27(21)35-14)33-20-13-16-9-5-3-7-11-18(16)37-20/h12-13H,2-11,34H2,1H3/q-2. The van der Waals surface area contributed by atoms with E-state index in [4.69, 9.17) is 28.9 Å². The van der Waals surface area contributed by atoms with Crippen LogP contribution in [0.3, 0.4) is 0 Å². The Morgan fingerprint density at radius 3 is 1.82 bits per heavy atom. The molecule has 0 fully saturated rings. The van der Waals surface area contributed by atoms with Gasteiger partial charge in [-0.15, -0.1) is 0 Å². The Labute approximate surface area is 270 Å². The first-order chi connectivity index (χ1) is 18.5. The third-order valence-corrected chi connectivity index (χ3v) is 20.8. The summed E-state index contributed by atoms with van der Waals surface area (Å²) < 4.78 is 8.75. The molecule has 0 aliphatic heterocycles. The summed E-state index contributed by atoms with van der Waals surface area (Å²) in [5.41, 5.74) is 9.76. The summed E-state index contributed by atoms with van der Waals surface area (Å²) in [4.78, 5) is 4.48. The van der Waals surface area contributed by atoms with Gasteiger partial charge in [0, 0.05) is 0 Å². The first kappa shape index (κ1) is 27.2. The van der Waals surface area contributed by atoms with Crippen LogP contribution in [0.4, 0.5) is 5.00 Å². The third-order valence-electron chi connectivity index (χ3n) is 7.53. The van der Waals surface area contributed by atoms with Crippen molar-refractivity contribution in [1.82, 2.24) is 0 Å². The van der Waals surface area contributed by atoms with Crippen molar-refractivity contribution < 1.29 is 42.4 Å². The monoisotopic (exact) mass is 841 g/mol. The summed E-state index contributed by atoms with van der Waals surface area (Å²) in [5, 5.41) is 4.95. The van der Waals surface area contributed by atoms with E-state index >= 15 is 0 Å². The molecular weight excluding hydrogens is 815 g/mol. The van der Waals surface area contributed by atoms with E-state index in [0.717, 1.165) is 15.0 Å². The van der Waals surface area contributed by atoms with Crippen molar-refractivity contribution in [2.75, 3.05) is 5.73 Å². The normalized spacial score (nSPS) is 16.3. The molecule has 0 bridgehead atoms. The van der Waals surface area contributed by atoms with E-state index in [1.165, 1.54) is 96.4 Å². The van der Waals surface area contributed by atoms with E-state index in [9.17, 15) is 0 Å². The number of hydrogen-bond acceptors (Lipinski definition) is 5. The number of thiophene rings is 4. The van der Waals surface area contributed by atoms with Gasteiger partial charge in [0.15, 0.2) is 0 Å². The minimum atomic E-state index is -0.424. The Balaban J connectivity index is 1.40. The first-order valence-electron chi connectivity index (χ1n) is 13.1. The molecule has 202 valence electrons. The summed E-state index contributed by atoms with van der Waals surface area (Å²) >= 11 is 21.2. The van der Waals surface area contributed by atoms with Crippen LogP contribution < -0.4 is 48.1 Å². The molecule has 4 aromatic heterocycles. The molecule has 2 aliphatic carbocycles. The average Bonchev–Trinajstić information content (AvgIpc) is 3.53. The number of benzene rings is 1. The Bertz CT molecular complexity index is 1580. The summed E-state index contributed by atoms with van der Waals surface area (Å²) in [7, 11) is 0. The molecule has 0 saturated carbocycles. The number of fused-ring (bicyclic) bond motifs is 4. The van der Waals surface area contributed by atoms with E-state index in [2.05, 4.69) is 41.7 Å². The molecule has 0 spiro atoms. The second kappa shape index (κ2) is 11.2. The van der Waals surface area contributed by atoms with Crippen LogP contribution in [-0.2, 0) is 25.7 Å². The molecule has 5 aromatic rings. The van der Waals surface area contributed by atoms with Crippen LogP contribution in [0.5, 0.6) is 0 Å². The Morgan fingerprint density at radius 1 is 0.658 bits per heavy atom. The van der Waals surface area contributed by atoms with Gasteiger partial charge in [-0.2, -0.15) is 0 Å². The molecule has 2 N–H and O–H groups in total. The van der Waals surface area contributed by atoms with Crippen LogP contribution in [0.1, 0.15) is 64.3 Å². The second-order valence-electron chi connectivity index (χ2n) is 10.1. The molecule has 1 nitrogen and oxygen atoms in total. The van der Waals surface area contributed by atoms with Crippen LogP contribution >= 0.6 is 68.5 Å². The van der Waals surface area contributed by atoms with Gasteiger partial charge in [-0.25, -0.2) is 0 Å². The predicted molar refractivity (Wildman–Crippen MR) is 162 cm³/mol. The van der Waals surface area contributed by atoms with Crippen LogP contribution in [0.2, 0.25) is 10.0 Å². The predicted octanol–water partition coefficient (Wildman–Crippen LogP) is 4.23. The van der Waals surface area contributed by atoms with Crippen molar-refractivity contribution in [2.24, 2.45) is 0 Å². The molecule has 7 rings (SSSR count). The minimum absolute atomic E-state index is 0.357. The second-order valence-corrected chi connectivity index (χ2v) is 22.4. The Hall–Kier alpha value is 0.380. The van der Waals surface area contributed by atoms with Gasteiger partial charge in [0.25, 0.3) is 0 Å². The molecule has 0 amide bonds. The fourth-order valence-electron chi connectivity index (χ4n) is 5.60. The maximum atomic E-state index is 7.15. The molecular formula is C29H27Cl2I2NS4-2. The summed E-state index contributed by atoms with van der Waals surface area (Å²) in [5.74, 6) is 0. The molecule has 0 saturated heterocycles. The van der Waals surface area contributed by atoms with Crippen molar-refractivity contribution in [2.45, 2.75) is 71.1 Å². The van der Waals surface area contributed by atoms with E-state index in [0.29, 0.717) is 0 Å². The Morgan fingerprint density at radius 2 is 1.18 bits per heavy atom. The molecule has 4 heterocycles. The van der Waals surface area contributed by atoms with Crippen molar-refractivity contribution in [3.05, 3.63) is 60.8 Å². The number of nitrogens with two attached hydrogens (primary N) is 1. The topological polar surface area (TPSA) is 26.0 Å². The zero-order valence-electron chi connectivity index (χ0n) is 20.9. The fourth-order valence-corrected chi connectivity index (χ4v) is 20.3. The fraction of sp³-hybridized carbons (Fsp3) is 0.379. The van der Waals surface area contributed by atoms with E-state index in [-0.39, 0.29) is 21.2 Å². The molecule has 38 heavy (non-hydrogen) atoms. The first-order valence-corrected chi connectivity index (χ1v) is 21.5. The van der Waals surface area contributed by atoms with Gasteiger partial charge in [0.2, 0.25) is 0 Å². The molecule has 9 heteroatoms. The van der Waals surface area contributed by atoms with E-state index < -0.39 is 21.2 Å². The van der Waals surface area contributed by atoms with Gasteiger partial charge < -0.3 is 0 Å². The van der Waals surface area contributed by atoms with E-state index in [1.54, 1.807) is 38.0 Å². The van der Waals surface area contributed by atoms with Gasteiger partial charge in [0.05, 0.1) is 0 Å². The number of hydrogen-bond donors (Lipinski definition) is 1. The van der Waals surface area contributed by atoms with Crippen molar-refractivity contribution >= 4 is 93.7 Å². The van der Waals surface area contributed by atoms with Crippen molar-refractivity contribution in [3.8, 4) is 0 Å². The summed E-state index contributed by atoms with van der Waals surface area (Å²) in [6.45, 7) is 2.18. The zero-order chi connectivity index (χ0) is 26.0. The average molecular weight is 843 g/mol. The molecule has 2 aliphatic rings. The van der Waals surface area contributed by atoms with Gasteiger partial charge in [-0.05, 0) is 0 Å². The summed E-state index contributed by atoms with van der Waals surface area (Å²) in [6, 6.07) is 5.06. The molecule has 1 aromatic carbocycles. The summed E-state index contributed by atoms with van der Waals surface area (Å²) in [6.07, 6.45) is 13.0. The molecule has 0 unspecified atom stereocenters. The third kappa shape index (κ3) is 4.90. The van der Waals surface area contributed by atoms with Crippen molar-refractivity contribution in [3.63, 3.8) is 0 Å². The number of halogens is 4. The zero-order valence-corrected chi connectivity index (χ0v) is 30.0. The van der Waals surface area contributed by atoms with Gasteiger partial charge in [-0.1, -0.05) is 0 Å². The number of rotatable bonds is 4. The van der Waals surface area contributed by atoms with Gasteiger partial charge >= 0.3 is 274 Å². The molecule has 0 radical (unpaired) electrons. The van der Waals surface area contributed by atoms with Crippen molar-refractivity contribution in [1.29, 1.82) is 0 Å². The van der Waals surface area contributed by atoms with E-state index in [1.807, 2.05) is 11.3 Å². The van der Waals surface area contributed by atoms with Crippen LogP contribution in [-0.4, -0.2) is 0 Å².